The van der Waals surface area contributed by atoms with Gasteiger partial charge in [-0.3, -0.25) is 4.79 Å². The predicted octanol–water partition coefficient (Wildman–Crippen LogP) is 4.22. The van der Waals surface area contributed by atoms with Crippen molar-refractivity contribution in [2.75, 3.05) is 31.1 Å². The summed E-state index contributed by atoms with van der Waals surface area (Å²) >= 11 is 7.89. The monoisotopic (exact) mass is 371 g/mol. The third-order valence-electron chi connectivity index (χ3n) is 4.59. The maximum absolute atomic E-state index is 12.5. The average molecular weight is 372 g/mol. The van der Waals surface area contributed by atoms with Gasteiger partial charge in [0, 0.05) is 36.8 Å². The number of fused-ring (bicyclic) bond motifs is 1. The lowest BCUT2D eigenvalue weighted by Gasteiger charge is -2.34. The second kappa shape index (κ2) is 6.65. The quantitative estimate of drug-likeness (QED) is 0.676. The fraction of sp³-hybridized carbons (Fsp3) is 0.263. The molecule has 25 heavy (non-hydrogen) atoms. The highest BCUT2D eigenvalue weighted by atomic mass is 35.5. The SMILES string of the molecule is Cc1c(Cl)ccc2sc(N3CCN(C(=O)c4ccccc4)CC3)nc12. The predicted molar refractivity (Wildman–Crippen MR) is 104 cm³/mol. The molecule has 4 nitrogen and oxygen atoms in total. The van der Waals surface area contributed by atoms with Gasteiger partial charge in [0.25, 0.3) is 5.91 Å². The van der Waals surface area contributed by atoms with Gasteiger partial charge in [-0.15, -0.1) is 0 Å². The Balaban J connectivity index is 1.49. The first kappa shape index (κ1) is 16.4. The van der Waals surface area contributed by atoms with Crippen molar-refractivity contribution in [2.24, 2.45) is 0 Å². The molecule has 1 saturated heterocycles. The van der Waals surface area contributed by atoms with E-state index in [1.807, 2.05) is 54.3 Å². The number of anilines is 1. The summed E-state index contributed by atoms with van der Waals surface area (Å²) in [6.07, 6.45) is 0. The largest absolute Gasteiger partial charge is 0.345 e. The molecule has 0 N–H and O–H groups in total. The van der Waals surface area contributed by atoms with Crippen molar-refractivity contribution in [3.8, 4) is 0 Å². The van der Waals surface area contributed by atoms with Gasteiger partial charge < -0.3 is 9.80 Å². The molecule has 0 radical (unpaired) electrons. The van der Waals surface area contributed by atoms with E-state index in [4.69, 9.17) is 16.6 Å². The standard InChI is InChI=1S/C19H18ClN3OS/c1-13-15(20)7-8-16-17(13)21-19(25-16)23-11-9-22(10-12-23)18(24)14-5-3-2-4-6-14/h2-8H,9-12H2,1H3. The van der Waals surface area contributed by atoms with E-state index < -0.39 is 0 Å². The van der Waals surface area contributed by atoms with Crippen LogP contribution in [0.5, 0.6) is 0 Å². The number of aromatic nitrogens is 1. The molecule has 3 aromatic rings. The lowest BCUT2D eigenvalue weighted by atomic mass is 10.2. The molecule has 128 valence electrons. The van der Waals surface area contributed by atoms with Gasteiger partial charge in [-0.25, -0.2) is 4.98 Å². The molecule has 1 aliphatic rings. The first-order chi connectivity index (χ1) is 12.1. The molecule has 4 rings (SSSR count). The summed E-state index contributed by atoms with van der Waals surface area (Å²) in [4.78, 5) is 21.5. The number of carbonyl (C=O) groups is 1. The number of hydrogen-bond donors (Lipinski definition) is 0. The minimum Gasteiger partial charge on any atom is -0.345 e. The molecule has 2 aromatic carbocycles. The zero-order valence-corrected chi connectivity index (χ0v) is 15.5. The number of piperazine rings is 1. The van der Waals surface area contributed by atoms with E-state index in [9.17, 15) is 4.79 Å². The van der Waals surface area contributed by atoms with Crippen molar-refractivity contribution >= 4 is 44.2 Å². The molecule has 2 heterocycles. The highest BCUT2D eigenvalue weighted by Gasteiger charge is 2.24. The molecule has 1 amide bonds. The first-order valence-corrected chi connectivity index (χ1v) is 9.48. The fourth-order valence-corrected chi connectivity index (χ4v) is 4.32. The smallest absolute Gasteiger partial charge is 0.253 e. The number of amides is 1. The molecule has 1 fully saturated rings. The Hall–Kier alpha value is -2.11. The van der Waals surface area contributed by atoms with Gasteiger partial charge in [0.1, 0.15) is 0 Å². The summed E-state index contributed by atoms with van der Waals surface area (Å²) in [5, 5.41) is 1.76. The zero-order chi connectivity index (χ0) is 17.4. The molecular weight excluding hydrogens is 354 g/mol. The number of hydrogen-bond acceptors (Lipinski definition) is 4. The highest BCUT2D eigenvalue weighted by molar-refractivity contribution is 7.22. The molecule has 0 saturated carbocycles. The Labute approximate surface area is 155 Å². The number of halogens is 1. The van der Waals surface area contributed by atoms with Crippen LogP contribution in [0.1, 0.15) is 15.9 Å². The molecule has 0 spiro atoms. The average Bonchev–Trinajstić information content (AvgIpc) is 3.10. The van der Waals surface area contributed by atoms with E-state index in [-0.39, 0.29) is 5.91 Å². The Morgan fingerprint density at radius 3 is 2.52 bits per heavy atom. The first-order valence-electron chi connectivity index (χ1n) is 8.28. The van der Waals surface area contributed by atoms with Crippen molar-refractivity contribution < 1.29 is 4.79 Å². The third-order valence-corrected chi connectivity index (χ3v) is 6.09. The Kier molecular flexibility index (Phi) is 4.36. The van der Waals surface area contributed by atoms with Crippen LogP contribution in [0.4, 0.5) is 5.13 Å². The zero-order valence-electron chi connectivity index (χ0n) is 13.9. The second-order valence-corrected chi connectivity index (χ2v) is 7.58. The van der Waals surface area contributed by atoms with E-state index in [1.54, 1.807) is 11.3 Å². The number of nitrogens with zero attached hydrogens (tertiary/aromatic N) is 3. The molecule has 1 aliphatic heterocycles. The van der Waals surface area contributed by atoms with Crippen molar-refractivity contribution in [1.29, 1.82) is 0 Å². The van der Waals surface area contributed by atoms with Crippen LogP contribution in [0, 0.1) is 6.92 Å². The van der Waals surface area contributed by atoms with E-state index >= 15 is 0 Å². The lowest BCUT2D eigenvalue weighted by Crippen LogP contribution is -2.48. The molecule has 0 bridgehead atoms. The van der Waals surface area contributed by atoms with Crippen LogP contribution in [-0.2, 0) is 0 Å². The van der Waals surface area contributed by atoms with Gasteiger partial charge in [0.2, 0.25) is 0 Å². The van der Waals surface area contributed by atoms with E-state index in [1.165, 1.54) is 0 Å². The summed E-state index contributed by atoms with van der Waals surface area (Å²) in [5.41, 5.74) is 2.76. The summed E-state index contributed by atoms with van der Waals surface area (Å²) in [6, 6.07) is 13.4. The number of carbonyl (C=O) groups excluding carboxylic acids is 1. The van der Waals surface area contributed by atoms with Crippen LogP contribution >= 0.6 is 22.9 Å². The number of aryl methyl sites for hydroxylation is 1. The van der Waals surface area contributed by atoms with Gasteiger partial charge in [0.05, 0.1) is 10.2 Å². The summed E-state index contributed by atoms with van der Waals surface area (Å²) < 4.78 is 1.15. The topological polar surface area (TPSA) is 36.4 Å². The molecule has 0 atom stereocenters. The molecular formula is C19H18ClN3OS. The fourth-order valence-electron chi connectivity index (χ4n) is 3.09. The third kappa shape index (κ3) is 3.10. The van der Waals surface area contributed by atoms with E-state index in [0.29, 0.717) is 13.1 Å². The van der Waals surface area contributed by atoms with Crippen LogP contribution in [0.15, 0.2) is 42.5 Å². The number of benzene rings is 2. The molecule has 1 aromatic heterocycles. The minimum atomic E-state index is 0.104. The summed E-state index contributed by atoms with van der Waals surface area (Å²) in [6.45, 7) is 5.02. The van der Waals surface area contributed by atoms with Crippen LogP contribution in [0.2, 0.25) is 5.02 Å². The minimum absolute atomic E-state index is 0.104. The van der Waals surface area contributed by atoms with E-state index in [0.717, 1.165) is 44.6 Å². The summed E-state index contributed by atoms with van der Waals surface area (Å²) in [7, 11) is 0. The van der Waals surface area contributed by atoms with Crippen LogP contribution in [0.3, 0.4) is 0 Å². The van der Waals surface area contributed by atoms with Crippen molar-refractivity contribution in [3.05, 3.63) is 58.6 Å². The van der Waals surface area contributed by atoms with Crippen molar-refractivity contribution in [1.82, 2.24) is 9.88 Å². The lowest BCUT2D eigenvalue weighted by molar-refractivity contribution is 0.0747. The van der Waals surface area contributed by atoms with Crippen molar-refractivity contribution in [2.45, 2.75) is 6.92 Å². The number of thiazole rings is 1. The summed E-state index contributed by atoms with van der Waals surface area (Å²) in [5.74, 6) is 0.104. The van der Waals surface area contributed by atoms with Gasteiger partial charge in [-0.1, -0.05) is 41.1 Å². The van der Waals surface area contributed by atoms with Gasteiger partial charge in [-0.05, 0) is 36.8 Å². The highest BCUT2D eigenvalue weighted by Crippen LogP contribution is 2.33. The number of rotatable bonds is 2. The Bertz CT molecular complexity index is 917. The molecule has 6 heteroatoms. The van der Waals surface area contributed by atoms with Gasteiger partial charge in [-0.2, -0.15) is 0 Å². The Morgan fingerprint density at radius 1 is 1.08 bits per heavy atom. The van der Waals surface area contributed by atoms with Gasteiger partial charge >= 0.3 is 0 Å². The normalized spacial score (nSPS) is 15.0. The Morgan fingerprint density at radius 2 is 1.80 bits per heavy atom. The van der Waals surface area contributed by atoms with Crippen LogP contribution < -0.4 is 4.90 Å². The molecule has 0 unspecified atom stereocenters. The van der Waals surface area contributed by atoms with Crippen LogP contribution in [0.25, 0.3) is 10.2 Å². The van der Waals surface area contributed by atoms with Crippen LogP contribution in [-0.4, -0.2) is 42.0 Å². The second-order valence-electron chi connectivity index (χ2n) is 6.16. The maximum atomic E-state index is 12.5. The van der Waals surface area contributed by atoms with Gasteiger partial charge in [0.15, 0.2) is 5.13 Å². The maximum Gasteiger partial charge on any atom is 0.253 e. The van der Waals surface area contributed by atoms with E-state index in [2.05, 4.69) is 4.90 Å². The van der Waals surface area contributed by atoms with Crippen molar-refractivity contribution in [3.63, 3.8) is 0 Å². The molecule has 0 aliphatic carbocycles.